The smallest absolute Gasteiger partial charge is 0.239 e. The lowest BCUT2D eigenvalue weighted by molar-refractivity contribution is -0.126. The maximum atomic E-state index is 10.8. The third-order valence-corrected chi connectivity index (χ3v) is 1.14. The lowest BCUT2D eigenvalue weighted by Crippen LogP contribution is -2.45. The van der Waals surface area contributed by atoms with Crippen LogP contribution < -0.4 is 16.4 Å². The number of carbonyl (C=O) groups excluding carboxylic acids is 2. The first-order valence-electron chi connectivity index (χ1n) is 3.31. The first-order valence-corrected chi connectivity index (χ1v) is 3.31. The van der Waals surface area contributed by atoms with Crippen molar-refractivity contribution in [2.75, 3.05) is 13.6 Å². The van der Waals surface area contributed by atoms with E-state index in [9.17, 15) is 9.59 Å². The Morgan fingerprint density at radius 1 is 1.55 bits per heavy atom. The van der Waals surface area contributed by atoms with E-state index in [0.29, 0.717) is 0 Å². The number of carbonyl (C=O) groups is 2. The van der Waals surface area contributed by atoms with Gasteiger partial charge in [-0.2, -0.15) is 0 Å². The molecule has 0 aromatic carbocycles. The van der Waals surface area contributed by atoms with Crippen molar-refractivity contribution in [2.45, 2.75) is 13.0 Å². The predicted molar refractivity (Wildman–Crippen MR) is 40.7 cm³/mol. The fourth-order valence-corrected chi connectivity index (χ4v) is 0.524. The molecule has 0 aliphatic carbocycles. The Kier molecular flexibility index (Phi) is 4.21. The number of nitrogens with one attached hydrogen (secondary N) is 2. The molecule has 0 rings (SSSR count). The van der Waals surface area contributed by atoms with E-state index < -0.39 is 11.9 Å². The highest BCUT2D eigenvalue weighted by atomic mass is 16.2. The molecule has 0 saturated carbocycles. The van der Waals surface area contributed by atoms with Crippen LogP contribution in [0.15, 0.2) is 0 Å². The third kappa shape index (κ3) is 4.32. The summed E-state index contributed by atoms with van der Waals surface area (Å²) in [6.45, 7) is 1.73. The van der Waals surface area contributed by atoms with Gasteiger partial charge < -0.3 is 16.4 Å². The van der Waals surface area contributed by atoms with Crippen LogP contribution in [0.5, 0.6) is 0 Å². The lowest BCUT2D eigenvalue weighted by Gasteiger charge is -2.08. The molecule has 64 valence electrons. The zero-order valence-electron chi connectivity index (χ0n) is 6.68. The van der Waals surface area contributed by atoms with Crippen LogP contribution in [-0.2, 0) is 9.59 Å². The van der Waals surface area contributed by atoms with Crippen LogP contribution in [0.1, 0.15) is 6.92 Å². The first kappa shape index (κ1) is 9.90. The number of amides is 2. The summed E-state index contributed by atoms with van der Waals surface area (Å²) in [5.74, 6) is -0.770. The van der Waals surface area contributed by atoms with E-state index in [1.165, 1.54) is 6.92 Å². The second-order valence-corrected chi connectivity index (χ2v) is 2.22. The molecule has 0 aliphatic heterocycles. The highest BCUT2D eigenvalue weighted by Gasteiger charge is 2.10. The van der Waals surface area contributed by atoms with Gasteiger partial charge in [0.1, 0.15) is 6.04 Å². The number of nitrogens with two attached hydrogens (primary N) is 1. The molecule has 0 fully saturated rings. The summed E-state index contributed by atoms with van der Waals surface area (Å²) in [6, 6.07) is -0.601. The van der Waals surface area contributed by atoms with Crippen molar-refractivity contribution in [2.24, 2.45) is 5.73 Å². The molecule has 2 amide bonds. The Morgan fingerprint density at radius 2 is 2.09 bits per heavy atom. The standard InChI is InChI=1S/C6H13N3O2/c1-4(6(7)11)9-5(10)3-8-2/h4,8H,3H2,1-2H3,(H2,7,11)(H,9,10). The number of rotatable bonds is 4. The lowest BCUT2D eigenvalue weighted by atomic mass is 10.3. The molecular weight excluding hydrogens is 146 g/mol. The quantitative estimate of drug-likeness (QED) is 0.452. The van der Waals surface area contributed by atoms with Crippen LogP contribution in [0.2, 0.25) is 0 Å². The molecule has 1 atom stereocenters. The number of hydrogen-bond acceptors (Lipinski definition) is 3. The molecule has 5 nitrogen and oxygen atoms in total. The van der Waals surface area contributed by atoms with E-state index in [4.69, 9.17) is 5.73 Å². The third-order valence-electron chi connectivity index (χ3n) is 1.14. The van der Waals surface area contributed by atoms with Crippen molar-refractivity contribution in [3.05, 3.63) is 0 Å². The highest BCUT2D eigenvalue weighted by Crippen LogP contribution is 1.77. The summed E-state index contributed by atoms with van der Waals surface area (Å²) in [5.41, 5.74) is 4.91. The average Bonchev–Trinajstić information content (AvgIpc) is 1.87. The minimum absolute atomic E-state index is 0.192. The minimum atomic E-state index is -0.601. The molecule has 0 saturated heterocycles. The van der Waals surface area contributed by atoms with Gasteiger partial charge >= 0.3 is 0 Å². The topological polar surface area (TPSA) is 84.2 Å². The molecular formula is C6H13N3O2. The van der Waals surface area contributed by atoms with Crippen LogP contribution in [0, 0.1) is 0 Å². The minimum Gasteiger partial charge on any atom is -0.368 e. The number of primary amides is 1. The van der Waals surface area contributed by atoms with Gasteiger partial charge in [-0.05, 0) is 14.0 Å². The van der Waals surface area contributed by atoms with E-state index in [1.807, 2.05) is 0 Å². The molecule has 0 bridgehead atoms. The summed E-state index contributed by atoms with van der Waals surface area (Å²) in [6.07, 6.45) is 0. The molecule has 0 spiro atoms. The Bertz CT molecular complexity index is 158. The van der Waals surface area contributed by atoms with Crippen LogP contribution in [0.3, 0.4) is 0 Å². The molecule has 0 heterocycles. The predicted octanol–water partition coefficient (Wildman–Crippen LogP) is -1.80. The Hall–Kier alpha value is -1.10. The molecule has 5 heteroatoms. The van der Waals surface area contributed by atoms with E-state index in [0.717, 1.165) is 0 Å². The fraction of sp³-hybridized carbons (Fsp3) is 0.667. The van der Waals surface area contributed by atoms with E-state index in [1.54, 1.807) is 7.05 Å². The Morgan fingerprint density at radius 3 is 2.45 bits per heavy atom. The molecule has 11 heavy (non-hydrogen) atoms. The van der Waals surface area contributed by atoms with Gasteiger partial charge in [-0.3, -0.25) is 9.59 Å². The number of likely N-dealkylation sites (N-methyl/N-ethyl adjacent to an activating group) is 1. The van der Waals surface area contributed by atoms with E-state index in [-0.39, 0.29) is 12.5 Å². The van der Waals surface area contributed by atoms with Gasteiger partial charge in [0.15, 0.2) is 0 Å². The van der Waals surface area contributed by atoms with Gasteiger partial charge in [0, 0.05) is 0 Å². The van der Waals surface area contributed by atoms with Crippen molar-refractivity contribution in [1.82, 2.24) is 10.6 Å². The maximum Gasteiger partial charge on any atom is 0.239 e. The average molecular weight is 159 g/mol. The number of hydrogen-bond donors (Lipinski definition) is 3. The first-order chi connectivity index (χ1) is 5.07. The second-order valence-electron chi connectivity index (χ2n) is 2.22. The van der Waals surface area contributed by atoms with Crippen LogP contribution >= 0.6 is 0 Å². The van der Waals surface area contributed by atoms with Gasteiger partial charge in [-0.15, -0.1) is 0 Å². The summed E-state index contributed by atoms with van der Waals surface area (Å²) in [7, 11) is 1.65. The fourth-order valence-electron chi connectivity index (χ4n) is 0.524. The van der Waals surface area contributed by atoms with Gasteiger partial charge in [-0.25, -0.2) is 0 Å². The van der Waals surface area contributed by atoms with Crippen molar-refractivity contribution in [1.29, 1.82) is 0 Å². The summed E-state index contributed by atoms with van der Waals surface area (Å²) in [4.78, 5) is 21.2. The molecule has 0 aliphatic rings. The van der Waals surface area contributed by atoms with Crippen molar-refractivity contribution in [3.8, 4) is 0 Å². The van der Waals surface area contributed by atoms with E-state index >= 15 is 0 Å². The van der Waals surface area contributed by atoms with Crippen molar-refractivity contribution < 1.29 is 9.59 Å². The molecule has 1 unspecified atom stereocenters. The Labute approximate surface area is 65.3 Å². The van der Waals surface area contributed by atoms with Gasteiger partial charge in [-0.1, -0.05) is 0 Å². The SMILES string of the molecule is CNCC(=O)NC(C)C(N)=O. The summed E-state index contributed by atoms with van der Waals surface area (Å²) < 4.78 is 0. The molecule has 4 N–H and O–H groups in total. The monoisotopic (exact) mass is 159 g/mol. The van der Waals surface area contributed by atoms with Crippen LogP contribution in [0.4, 0.5) is 0 Å². The van der Waals surface area contributed by atoms with Gasteiger partial charge in [0.2, 0.25) is 11.8 Å². The summed E-state index contributed by atoms with van der Waals surface area (Å²) in [5, 5.41) is 5.05. The van der Waals surface area contributed by atoms with Crippen LogP contribution in [-0.4, -0.2) is 31.4 Å². The zero-order chi connectivity index (χ0) is 8.85. The molecule has 0 aromatic rings. The largest absolute Gasteiger partial charge is 0.368 e. The van der Waals surface area contributed by atoms with Crippen molar-refractivity contribution in [3.63, 3.8) is 0 Å². The normalized spacial score (nSPS) is 12.2. The summed E-state index contributed by atoms with van der Waals surface area (Å²) >= 11 is 0. The Balaban J connectivity index is 3.66. The van der Waals surface area contributed by atoms with Gasteiger partial charge in [0.25, 0.3) is 0 Å². The zero-order valence-corrected chi connectivity index (χ0v) is 6.68. The van der Waals surface area contributed by atoms with Gasteiger partial charge in [0.05, 0.1) is 6.54 Å². The molecule has 0 radical (unpaired) electrons. The maximum absolute atomic E-state index is 10.8. The molecule has 0 aromatic heterocycles. The van der Waals surface area contributed by atoms with Crippen molar-refractivity contribution >= 4 is 11.8 Å². The highest BCUT2D eigenvalue weighted by molar-refractivity contribution is 5.86. The van der Waals surface area contributed by atoms with E-state index in [2.05, 4.69) is 10.6 Å². The second kappa shape index (κ2) is 4.68. The van der Waals surface area contributed by atoms with Crippen LogP contribution in [0.25, 0.3) is 0 Å².